The van der Waals surface area contributed by atoms with E-state index in [9.17, 15) is 19.5 Å². The first-order valence-corrected chi connectivity index (χ1v) is 18.7. The minimum atomic E-state index is -0.715. The van der Waals surface area contributed by atoms with Crippen LogP contribution in [0.5, 0.6) is 5.75 Å². The van der Waals surface area contributed by atoms with E-state index in [2.05, 4.69) is 31.9 Å². The van der Waals surface area contributed by atoms with Crippen LogP contribution in [0, 0.1) is 11.8 Å². The Morgan fingerprint density at radius 1 is 0.918 bits per heavy atom. The van der Waals surface area contributed by atoms with Crippen LogP contribution in [0.3, 0.4) is 0 Å². The standard InChI is InChI=1S/C39H52N4O5S/c1-6-24-41(30-18-20-31(21-19-30)48-10-5)36(45)33-32-22-23-39(49-32)34(33)37(46)43(26-12-11-13-27-44)35(39)38(47)42(25-7-2)29-16-14-28(15-17-29)40(8-3)9-4/h6-7,14-21,32-35,44H,1-2,8-13,22-27H2,3-5H3/t32-,33+,34+,35?,39?/m1/s1. The molecule has 0 saturated carbocycles. The summed E-state index contributed by atoms with van der Waals surface area (Å²) in [6.07, 6.45) is 6.93. The lowest BCUT2D eigenvalue weighted by Crippen LogP contribution is -2.55. The molecule has 3 amide bonds. The third-order valence-electron chi connectivity index (χ3n) is 10.3. The molecule has 2 unspecified atom stereocenters. The monoisotopic (exact) mass is 688 g/mol. The largest absolute Gasteiger partial charge is 0.494 e. The van der Waals surface area contributed by atoms with E-state index in [4.69, 9.17) is 4.74 Å². The molecule has 3 heterocycles. The number of hydrogen-bond donors (Lipinski definition) is 1. The smallest absolute Gasteiger partial charge is 0.251 e. The number of carbonyl (C=O) groups excluding carboxylic acids is 3. The number of amides is 3. The molecule has 1 N–H and O–H groups in total. The maximum absolute atomic E-state index is 15.0. The van der Waals surface area contributed by atoms with E-state index in [0.29, 0.717) is 45.5 Å². The van der Waals surface area contributed by atoms with Gasteiger partial charge in [0.25, 0.3) is 5.91 Å². The van der Waals surface area contributed by atoms with Gasteiger partial charge in [-0.05, 0) is 101 Å². The first-order chi connectivity index (χ1) is 23.8. The molecule has 2 aromatic rings. The van der Waals surface area contributed by atoms with Gasteiger partial charge in [0.05, 0.1) is 23.2 Å². The SMILES string of the molecule is C=CCN(C(=O)C1N(CCCCCO)C(=O)[C@@H]2[C@@H](C(=O)N(CC=C)c3ccc(OCC)cc3)[C@H]3CCC12S3)c1ccc(N(CC)CC)cc1. The number of fused-ring (bicyclic) bond motifs is 1. The maximum atomic E-state index is 15.0. The highest BCUT2D eigenvalue weighted by molar-refractivity contribution is 8.02. The van der Waals surface area contributed by atoms with Gasteiger partial charge in [-0.1, -0.05) is 12.2 Å². The Balaban J connectivity index is 1.50. The van der Waals surface area contributed by atoms with Crippen molar-refractivity contribution in [2.45, 2.75) is 68.9 Å². The average molecular weight is 689 g/mol. The number of aliphatic hydroxyl groups excluding tert-OH is 1. The second kappa shape index (κ2) is 16.3. The van der Waals surface area contributed by atoms with E-state index < -0.39 is 22.6 Å². The number of likely N-dealkylation sites (tertiary alicyclic amines) is 1. The van der Waals surface area contributed by atoms with E-state index in [1.807, 2.05) is 55.5 Å². The molecule has 3 aliphatic rings. The highest BCUT2D eigenvalue weighted by Crippen LogP contribution is 2.67. The molecule has 3 aliphatic heterocycles. The average Bonchev–Trinajstić information content (AvgIpc) is 3.76. The lowest BCUT2D eigenvalue weighted by Gasteiger charge is -2.37. The number of anilines is 3. The third kappa shape index (κ3) is 6.99. The molecule has 5 atom stereocenters. The first-order valence-electron chi connectivity index (χ1n) is 17.8. The molecule has 0 aliphatic carbocycles. The van der Waals surface area contributed by atoms with Crippen molar-refractivity contribution in [3.05, 3.63) is 73.8 Å². The molecule has 10 heteroatoms. The number of benzene rings is 2. The number of ether oxygens (including phenoxy) is 1. The van der Waals surface area contributed by atoms with Gasteiger partial charge in [-0.2, -0.15) is 0 Å². The summed E-state index contributed by atoms with van der Waals surface area (Å²) < 4.78 is 4.91. The van der Waals surface area contributed by atoms with E-state index in [-0.39, 0.29) is 29.6 Å². The summed E-state index contributed by atoms with van der Waals surface area (Å²) in [5.41, 5.74) is 2.56. The lowest BCUT2D eigenvalue weighted by atomic mass is 9.70. The van der Waals surface area contributed by atoms with Crippen molar-refractivity contribution >= 4 is 46.5 Å². The van der Waals surface area contributed by atoms with E-state index >= 15 is 0 Å². The van der Waals surface area contributed by atoms with Crippen molar-refractivity contribution in [3.8, 4) is 5.75 Å². The third-order valence-corrected chi connectivity index (χ3v) is 12.2. The van der Waals surface area contributed by atoms with Crippen molar-refractivity contribution < 1.29 is 24.2 Å². The minimum absolute atomic E-state index is 0.0653. The van der Waals surface area contributed by atoms with Gasteiger partial charge in [-0.25, -0.2) is 0 Å². The highest BCUT2D eigenvalue weighted by Gasteiger charge is 2.74. The molecule has 5 rings (SSSR count). The van der Waals surface area contributed by atoms with Crippen LogP contribution in [0.15, 0.2) is 73.8 Å². The Hall–Kier alpha value is -3.76. The van der Waals surface area contributed by atoms with Crippen molar-refractivity contribution in [1.82, 2.24) is 4.90 Å². The molecular weight excluding hydrogens is 637 g/mol. The van der Waals surface area contributed by atoms with E-state index in [0.717, 1.165) is 48.7 Å². The van der Waals surface area contributed by atoms with Crippen molar-refractivity contribution in [3.63, 3.8) is 0 Å². The zero-order valence-corrected chi connectivity index (χ0v) is 30.1. The molecule has 1 spiro atoms. The molecule has 49 heavy (non-hydrogen) atoms. The number of unbranched alkanes of at least 4 members (excludes halogenated alkanes) is 2. The van der Waals surface area contributed by atoms with Crippen molar-refractivity contribution in [2.24, 2.45) is 11.8 Å². The van der Waals surface area contributed by atoms with Gasteiger partial charge in [0.1, 0.15) is 11.8 Å². The molecular formula is C39H52N4O5S. The van der Waals surface area contributed by atoms with Crippen LogP contribution < -0.4 is 19.4 Å². The Kier molecular flexibility index (Phi) is 12.1. The zero-order chi connectivity index (χ0) is 35.1. The normalized spacial score (nSPS) is 23.7. The van der Waals surface area contributed by atoms with Crippen LogP contribution in [-0.4, -0.2) is 89.7 Å². The number of hydrogen-bond acceptors (Lipinski definition) is 7. The van der Waals surface area contributed by atoms with Crippen LogP contribution in [0.4, 0.5) is 17.1 Å². The van der Waals surface area contributed by atoms with Crippen LogP contribution in [0.25, 0.3) is 0 Å². The number of carbonyl (C=O) groups is 3. The van der Waals surface area contributed by atoms with Gasteiger partial charge in [-0.3, -0.25) is 14.4 Å². The number of rotatable bonds is 18. The fraction of sp³-hybridized carbons (Fsp3) is 0.513. The first kappa shape index (κ1) is 36.5. The van der Waals surface area contributed by atoms with Crippen LogP contribution in [0.2, 0.25) is 0 Å². The molecule has 2 bridgehead atoms. The summed E-state index contributed by atoms with van der Waals surface area (Å²) in [4.78, 5) is 51.7. The zero-order valence-electron chi connectivity index (χ0n) is 29.3. The van der Waals surface area contributed by atoms with Gasteiger partial charge in [0.15, 0.2) is 0 Å². The lowest BCUT2D eigenvalue weighted by molar-refractivity contribution is -0.139. The van der Waals surface area contributed by atoms with Gasteiger partial charge < -0.3 is 29.4 Å². The predicted octanol–water partition coefficient (Wildman–Crippen LogP) is 5.92. The quantitative estimate of drug-likeness (QED) is 0.154. The molecule has 0 aromatic heterocycles. The summed E-state index contributed by atoms with van der Waals surface area (Å²) in [5, 5.41) is 9.36. The Morgan fingerprint density at radius 2 is 1.51 bits per heavy atom. The van der Waals surface area contributed by atoms with Gasteiger partial charge in [0, 0.05) is 61.6 Å². The Bertz CT molecular complexity index is 1480. The van der Waals surface area contributed by atoms with Gasteiger partial charge in [0.2, 0.25) is 11.8 Å². The number of aliphatic hydroxyl groups is 1. The van der Waals surface area contributed by atoms with Gasteiger partial charge >= 0.3 is 0 Å². The van der Waals surface area contributed by atoms with Gasteiger partial charge in [-0.15, -0.1) is 24.9 Å². The van der Waals surface area contributed by atoms with Crippen LogP contribution >= 0.6 is 11.8 Å². The maximum Gasteiger partial charge on any atom is 0.251 e. The summed E-state index contributed by atoms with van der Waals surface area (Å²) in [7, 11) is 0. The molecule has 3 saturated heterocycles. The van der Waals surface area contributed by atoms with Crippen LogP contribution in [0.1, 0.15) is 52.9 Å². The molecule has 2 aromatic carbocycles. The fourth-order valence-corrected chi connectivity index (χ4v) is 10.3. The summed E-state index contributed by atoms with van der Waals surface area (Å²) >= 11 is 1.68. The van der Waals surface area contributed by atoms with Crippen molar-refractivity contribution in [1.29, 1.82) is 0 Å². The fourth-order valence-electron chi connectivity index (χ4n) is 8.08. The van der Waals surface area contributed by atoms with Crippen LogP contribution in [-0.2, 0) is 14.4 Å². The van der Waals surface area contributed by atoms with Crippen molar-refractivity contribution in [2.75, 3.05) is 60.6 Å². The molecule has 264 valence electrons. The van der Waals surface area contributed by atoms with E-state index in [1.54, 1.807) is 38.6 Å². The Labute approximate surface area is 296 Å². The topological polar surface area (TPSA) is 93.6 Å². The Morgan fingerprint density at radius 3 is 2.08 bits per heavy atom. The molecule has 9 nitrogen and oxygen atoms in total. The predicted molar refractivity (Wildman–Crippen MR) is 199 cm³/mol. The van der Waals surface area contributed by atoms with E-state index in [1.165, 1.54) is 0 Å². The summed E-state index contributed by atoms with van der Waals surface area (Å²) in [5.74, 6) is -0.800. The summed E-state index contributed by atoms with van der Waals surface area (Å²) in [6.45, 7) is 17.4. The second-order valence-electron chi connectivity index (χ2n) is 13.0. The molecule has 0 radical (unpaired) electrons. The summed E-state index contributed by atoms with van der Waals surface area (Å²) in [6, 6.07) is 14.8. The number of nitrogens with zero attached hydrogens (tertiary/aromatic N) is 4. The molecule has 3 fully saturated rings. The minimum Gasteiger partial charge on any atom is -0.494 e. The second-order valence-corrected chi connectivity index (χ2v) is 14.6. The number of thioether (sulfide) groups is 1. The highest BCUT2D eigenvalue weighted by atomic mass is 32.2.